The van der Waals surface area contributed by atoms with Crippen LogP contribution in [0.15, 0.2) is 0 Å². The lowest BCUT2D eigenvalue weighted by atomic mass is 9.93. The maximum Gasteiger partial charge on any atom is 0.230 e. The van der Waals surface area contributed by atoms with Gasteiger partial charge < -0.3 is 15.4 Å². The van der Waals surface area contributed by atoms with Crippen LogP contribution in [0.2, 0.25) is 0 Å². The van der Waals surface area contributed by atoms with E-state index in [0.717, 1.165) is 13.0 Å². The summed E-state index contributed by atoms with van der Waals surface area (Å²) < 4.78 is 5.40. The van der Waals surface area contributed by atoms with E-state index >= 15 is 0 Å². The van der Waals surface area contributed by atoms with E-state index < -0.39 is 0 Å². The standard InChI is InChI=1S/C10H20N2O2.ClH/c1-10(2)8-14-7-6-12(9(10)13)5-3-4-11;/h3-8,11H2,1-2H3;1H. The molecule has 0 aromatic heterocycles. The van der Waals surface area contributed by atoms with Gasteiger partial charge in [-0.25, -0.2) is 0 Å². The Balaban J connectivity index is 0.00000196. The third kappa shape index (κ3) is 3.97. The van der Waals surface area contributed by atoms with Crippen LogP contribution in [0.3, 0.4) is 0 Å². The summed E-state index contributed by atoms with van der Waals surface area (Å²) in [7, 11) is 0. The first-order valence-electron chi connectivity index (χ1n) is 5.15. The minimum Gasteiger partial charge on any atom is -0.379 e. The van der Waals surface area contributed by atoms with Gasteiger partial charge in [0.15, 0.2) is 0 Å². The van der Waals surface area contributed by atoms with Crippen molar-refractivity contribution < 1.29 is 9.53 Å². The van der Waals surface area contributed by atoms with Crippen LogP contribution < -0.4 is 5.73 Å². The molecule has 5 heteroatoms. The molecule has 0 saturated carbocycles. The zero-order chi connectivity index (χ0) is 10.6. The summed E-state index contributed by atoms with van der Waals surface area (Å²) in [6.07, 6.45) is 0.863. The molecule has 1 rings (SSSR count). The Labute approximate surface area is 97.5 Å². The summed E-state index contributed by atoms with van der Waals surface area (Å²) in [5.41, 5.74) is 5.04. The summed E-state index contributed by atoms with van der Waals surface area (Å²) in [6.45, 7) is 7.09. The molecule has 0 aromatic carbocycles. The van der Waals surface area contributed by atoms with Crippen molar-refractivity contribution in [3.63, 3.8) is 0 Å². The van der Waals surface area contributed by atoms with Crippen LogP contribution in [-0.2, 0) is 9.53 Å². The summed E-state index contributed by atoms with van der Waals surface area (Å²) in [5, 5.41) is 0. The number of hydrogen-bond acceptors (Lipinski definition) is 3. The maximum atomic E-state index is 12.0. The van der Waals surface area contributed by atoms with Crippen LogP contribution in [-0.4, -0.2) is 43.7 Å². The van der Waals surface area contributed by atoms with E-state index in [-0.39, 0.29) is 23.7 Å². The summed E-state index contributed by atoms with van der Waals surface area (Å²) in [4.78, 5) is 13.8. The highest BCUT2D eigenvalue weighted by molar-refractivity contribution is 5.85. The Kier molecular flexibility index (Phi) is 6.17. The van der Waals surface area contributed by atoms with E-state index in [1.165, 1.54) is 0 Å². The lowest BCUT2D eigenvalue weighted by Crippen LogP contribution is -2.42. The van der Waals surface area contributed by atoms with Crippen LogP contribution >= 0.6 is 12.4 Å². The summed E-state index contributed by atoms with van der Waals surface area (Å²) >= 11 is 0. The van der Waals surface area contributed by atoms with Crippen LogP contribution in [0.4, 0.5) is 0 Å². The first kappa shape index (κ1) is 14.7. The van der Waals surface area contributed by atoms with Crippen LogP contribution in [0.1, 0.15) is 20.3 Å². The molecule has 0 spiro atoms. The molecule has 90 valence electrons. The molecule has 1 heterocycles. The summed E-state index contributed by atoms with van der Waals surface area (Å²) in [6, 6.07) is 0. The average Bonchev–Trinajstić information content (AvgIpc) is 2.26. The maximum absolute atomic E-state index is 12.0. The molecule has 1 aliphatic rings. The Morgan fingerprint density at radius 1 is 1.53 bits per heavy atom. The Morgan fingerprint density at radius 2 is 2.20 bits per heavy atom. The van der Waals surface area contributed by atoms with Gasteiger partial charge in [-0.3, -0.25) is 4.79 Å². The molecule has 0 aliphatic carbocycles. The highest BCUT2D eigenvalue weighted by Gasteiger charge is 2.34. The van der Waals surface area contributed by atoms with E-state index in [0.29, 0.717) is 26.3 Å². The van der Waals surface area contributed by atoms with Crippen LogP contribution in [0.5, 0.6) is 0 Å². The van der Waals surface area contributed by atoms with E-state index in [9.17, 15) is 4.79 Å². The van der Waals surface area contributed by atoms with Crippen molar-refractivity contribution in [1.29, 1.82) is 0 Å². The largest absolute Gasteiger partial charge is 0.379 e. The third-order valence-electron chi connectivity index (χ3n) is 2.47. The SMILES string of the molecule is CC1(C)COCCN(CCCN)C1=O.Cl. The molecule has 1 aliphatic heterocycles. The molecule has 1 amide bonds. The molecule has 2 N–H and O–H groups in total. The summed E-state index contributed by atoms with van der Waals surface area (Å²) in [5.74, 6) is 0.184. The molecule has 0 radical (unpaired) electrons. The van der Waals surface area contributed by atoms with Crippen molar-refractivity contribution in [3.05, 3.63) is 0 Å². The number of amides is 1. The minimum absolute atomic E-state index is 0. The number of carbonyl (C=O) groups excluding carboxylic acids is 1. The van der Waals surface area contributed by atoms with Crippen molar-refractivity contribution in [2.24, 2.45) is 11.1 Å². The highest BCUT2D eigenvalue weighted by atomic mass is 35.5. The van der Waals surface area contributed by atoms with Crippen molar-refractivity contribution in [2.45, 2.75) is 20.3 Å². The molecular formula is C10H21ClN2O2. The number of carbonyl (C=O) groups is 1. The van der Waals surface area contributed by atoms with Gasteiger partial charge in [-0.1, -0.05) is 0 Å². The van der Waals surface area contributed by atoms with Crippen molar-refractivity contribution in [3.8, 4) is 0 Å². The van der Waals surface area contributed by atoms with Gasteiger partial charge in [0.05, 0.1) is 18.6 Å². The van der Waals surface area contributed by atoms with Crippen molar-refractivity contribution in [2.75, 3.05) is 32.8 Å². The number of nitrogens with zero attached hydrogens (tertiary/aromatic N) is 1. The molecule has 0 unspecified atom stereocenters. The van der Waals surface area contributed by atoms with Gasteiger partial charge in [0.2, 0.25) is 5.91 Å². The van der Waals surface area contributed by atoms with Gasteiger partial charge >= 0.3 is 0 Å². The second-order valence-electron chi connectivity index (χ2n) is 4.37. The fraction of sp³-hybridized carbons (Fsp3) is 0.900. The molecule has 15 heavy (non-hydrogen) atoms. The second-order valence-corrected chi connectivity index (χ2v) is 4.37. The smallest absolute Gasteiger partial charge is 0.230 e. The Morgan fingerprint density at radius 3 is 2.80 bits per heavy atom. The highest BCUT2D eigenvalue weighted by Crippen LogP contribution is 2.21. The lowest BCUT2D eigenvalue weighted by Gasteiger charge is -2.27. The normalized spacial score (nSPS) is 20.7. The second kappa shape index (κ2) is 6.30. The first-order chi connectivity index (χ1) is 6.58. The number of rotatable bonds is 3. The van der Waals surface area contributed by atoms with Gasteiger partial charge in [0.25, 0.3) is 0 Å². The van der Waals surface area contributed by atoms with Crippen molar-refractivity contribution >= 4 is 18.3 Å². The number of nitrogens with two attached hydrogens (primary N) is 1. The fourth-order valence-corrected chi connectivity index (χ4v) is 1.59. The Bertz CT molecular complexity index is 210. The number of hydrogen-bond donors (Lipinski definition) is 1. The predicted molar refractivity (Wildman–Crippen MR) is 62.1 cm³/mol. The fourth-order valence-electron chi connectivity index (χ4n) is 1.59. The quantitative estimate of drug-likeness (QED) is 0.783. The molecular weight excluding hydrogens is 216 g/mol. The molecule has 1 saturated heterocycles. The number of halogens is 1. The lowest BCUT2D eigenvalue weighted by molar-refractivity contribution is -0.139. The molecule has 4 nitrogen and oxygen atoms in total. The van der Waals surface area contributed by atoms with Gasteiger partial charge in [-0.2, -0.15) is 0 Å². The predicted octanol–water partition coefficient (Wildman–Crippen LogP) is 0.642. The van der Waals surface area contributed by atoms with Crippen LogP contribution in [0, 0.1) is 5.41 Å². The average molecular weight is 237 g/mol. The van der Waals surface area contributed by atoms with Gasteiger partial charge in [0.1, 0.15) is 0 Å². The van der Waals surface area contributed by atoms with Gasteiger partial charge in [-0.05, 0) is 26.8 Å². The van der Waals surface area contributed by atoms with E-state index in [1.807, 2.05) is 18.7 Å². The minimum atomic E-state index is -0.384. The van der Waals surface area contributed by atoms with E-state index in [2.05, 4.69) is 0 Å². The number of ether oxygens (including phenoxy) is 1. The third-order valence-corrected chi connectivity index (χ3v) is 2.47. The molecule has 0 atom stereocenters. The van der Waals surface area contributed by atoms with E-state index in [4.69, 9.17) is 10.5 Å². The molecule has 0 bridgehead atoms. The first-order valence-corrected chi connectivity index (χ1v) is 5.15. The zero-order valence-electron chi connectivity index (χ0n) is 9.49. The molecule has 1 fully saturated rings. The van der Waals surface area contributed by atoms with Gasteiger partial charge in [-0.15, -0.1) is 12.4 Å². The zero-order valence-corrected chi connectivity index (χ0v) is 10.3. The van der Waals surface area contributed by atoms with Crippen molar-refractivity contribution in [1.82, 2.24) is 4.90 Å². The van der Waals surface area contributed by atoms with Gasteiger partial charge in [0, 0.05) is 13.1 Å². The van der Waals surface area contributed by atoms with Crippen LogP contribution in [0.25, 0.3) is 0 Å². The topological polar surface area (TPSA) is 55.6 Å². The monoisotopic (exact) mass is 236 g/mol. The Hall–Kier alpha value is -0.320. The van der Waals surface area contributed by atoms with E-state index in [1.54, 1.807) is 0 Å². The molecule has 0 aromatic rings.